The van der Waals surface area contributed by atoms with Crippen LogP contribution in [0.1, 0.15) is 87.4 Å². The Morgan fingerprint density at radius 2 is 1.79 bits per heavy atom. The zero-order chi connectivity index (χ0) is 28.1. The van der Waals surface area contributed by atoms with Crippen LogP contribution in [0, 0.1) is 11.8 Å². The largest absolute Gasteiger partial charge is 0.507 e. The van der Waals surface area contributed by atoms with Crippen molar-refractivity contribution in [2.75, 3.05) is 13.7 Å². The van der Waals surface area contributed by atoms with Crippen molar-refractivity contribution in [1.82, 2.24) is 5.32 Å². The average molecular weight is 528 g/mol. The molecule has 0 aliphatic carbocycles. The van der Waals surface area contributed by atoms with Crippen molar-refractivity contribution in [2.24, 2.45) is 11.8 Å². The van der Waals surface area contributed by atoms with E-state index in [9.17, 15) is 19.5 Å². The molecule has 2 rings (SSSR count). The number of rotatable bonds is 15. The van der Waals surface area contributed by atoms with Gasteiger partial charge in [-0.05, 0) is 62.1 Å². The molecule has 2 aromatic rings. The lowest BCUT2D eigenvalue weighted by molar-refractivity contribution is 0.0914. The normalized spacial score (nSPS) is 12.9. The van der Waals surface area contributed by atoms with E-state index in [2.05, 4.69) is 23.9 Å². The molecule has 208 valence electrons. The predicted octanol–water partition coefficient (Wildman–Crippen LogP) is 6.37. The minimum atomic E-state index is -0.820. The second-order valence-electron chi connectivity index (χ2n) is 10.0. The zero-order valence-corrected chi connectivity index (χ0v) is 23.1. The summed E-state index contributed by atoms with van der Waals surface area (Å²) in [5, 5.41) is 12.9. The summed E-state index contributed by atoms with van der Waals surface area (Å²) in [6.07, 6.45) is 7.03. The number of methoxy groups -OCH3 is 1. The number of amides is 1. The van der Waals surface area contributed by atoms with E-state index in [0.717, 1.165) is 30.6 Å². The fourth-order valence-corrected chi connectivity index (χ4v) is 3.88. The van der Waals surface area contributed by atoms with Crippen LogP contribution >= 0.6 is 0 Å². The van der Waals surface area contributed by atoms with E-state index < -0.39 is 23.4 Å². The predicted molar refractivity (Wildman–Crippen MR) is 147 cm³/mol. The Hall–Kier alpha value is -3.55. The van der Waals surface area contributed by atoms with E-state index in [1.54, 1.807) is 13.0 Å². The van der Waals surface area contributed by atoms with Crippen LogP contribution < -0.4 is 15.7 Å². The number of nitrogens with one attached hydrogen (secondary N) is 1. The molecule has 38 heavy (non-hydrogen) atoms. The number of ketones is 1. The van der Waals surface area contributed by atoms with Gasteiger partial charge in [0.05, 0.1) is 13.7 Å². The maximum Gasteiger partial charge on any atom is 0.410 e. The summed E-state index contributed by atoms with van der Waals surface area (Å²) in [4.78, 5) is 36.6. The lowest BCUT2D eigenvalue weighted by Crippen LogP contribution is -2.21. The maximum absolute atomic E-state index is 12.9. The molecule has 0 saturated carbocycles. The van der Waals surface area contributed by atoms with Gasteiger partial charge in [0.2, 0.25) is 0 Å². The van der Waals surface area contributed by atoms with Crippen molar-refractivity contribution < 1.29 is 28.6 Å². The first-order valence-corrected chi connectivity index (χ1v) is 13.2. The summed E-state index contributed by atoms with van der Waals surface area (Å²) in [6, 6.07) is 9.34. The fourth-order valence-electron chi connectivity index (χ4n) is 3.88. The highest BCUT2D eigenvalue weighted by Gasteiger charge is 2.25. The molecule has 8 heteroatoms. The highest BCUT2D eigenvalue weighted by molar-refractivity contribution is 5.99. The van der Waals surface area contributed by atoms with Crippen LogP contribution in [0.3, 0.4) is 0 Å². The number of allylic oxidation sites excluding steroid dienone is 1. The van der Waals surface area contributed by atoms with Crippen LogP contribution in [0.5, 0.6) is 11.5 Å². The third-order valence-corrected chi connectivity index (χ3v) is 6.39. The molecular weight excluding hydrogens is 486 g/mol. The third kappa shape index (κ3) is 10.1. The number of carbonyl (C=O) groups is 2. The van der Waals surface area contributed by atoms with Gasteiger partial charge in [-0.25, -0.2) is 9.59 Å². The van der Waals surface area contributed by atoms with Gasteiger partial charge in [0.25, 0.3) is 0 Å². The summed E-state index contributed by atoms with van der Waals surface area (Å²) in [6.45, 7) is 8.65. The number of ether oxygens (including phenoxy) is 2. The molecule has 2 atom stereocenters. The molecule has 2 unspecified atom stereocenters. The van der Waals surface area contributed by atoms with Crippen molar-refractivity contribution in [3.05, 3.63) is 69.9 Å². The second-order valence-corrected chi connectivity index (χ2v) is 10.0. The summed E-state index contributed by atoms with van der Waals surface area (Å²) >= 11 is 0. The zero-order valence-electron chi connectivity index (χ0n) is 23.1. The van der Waals surface area contributed by atoms with Crippen LogP contribution in [0.25, 0.3) is 0 Å². The van der Waals surface area contributed by atoms with Crippen LogP contribution in [0.4, 0.5) is 4.79 Å². The van der Waals surface area contributed by atoms with Gasteiger partial charge in [-0.3, -0.25) is 10.1 Å². The molecule has 0 aliphatic rings. The molecule has 2 N–H and O–H groups in total. The number of Topliss-reactive ketones (excluding diaryl/α,β-unsaturated/α-hetero) is 1. The standard InChI is InChI=1S/C30H41NO7/c1-20(2)16-18-37-24-14-12-23(13-15-24)11-8-10-22(4)28(33)27-25(32)19-26(38-29(27)34)21(3)9-6-7-17-31-30(35)36-5/h7,12-15,17,19-22,32H,6,8-11,16,18H2,1-5H3,(H,31,35)/b17-7+. The number of benzene rings is 1. The van der Waals surface area contributed by atoms with Gasteiger partial charge >= 0.3 is 11.7 Å². The lowest BCUT2D eigenvalue weighted by Gasteiger charge is -2.13. The van der Waals surface area contributed by atoms with Gasteiger partial charge in [-0.15, -0.1) is 0 Å². The molecule has 0 spiro atoms. The molecule has 0 aliphatic heterocycles. The number of hydrogen-bond donors (Lipinski definition) is 2. The summed E-state index contributed by atoms with van der Waals surface area (Å²) in [5.41, 5.74) is 0.0376. The smallest absolute Gasteiger partial charge is 0.410 e. The molecule has 0 radical (unpaired) electrons. The number of alkyl carbamates (subject to hydrolysis) is 1. The monoisotopic (exact) mass is 527 g/mol. The van der Waals surface area contributed by atoms with Gasteiger partial charge in [-0.2, -0.15) is 0 Å². The summed E-state index contributed by atoms with van der Waals surface area (Å²) in [7, 11) is 1.28. The Bertz CT molecular complexity index is 1120. The average Bonchev–Trinajstić information content (AvgIpc) is 2.88. The highest BCUT2D eigenvalue weighted by atomic mass is 16.5. The van der Waals surface area contributed by atoms with E-state index >= 15 is 0 Å². The number of aryl methyl sites for hydroxylation is 1. The Balaban J connectivity index is 1.87. The van der Waals surface area contributed by atoms with E-state index in [4.69, 9.17) is 9.15 Å². The number of hydrogen-bond acceptors (Lipinski definition) is 7. The van der Waals surface area contributed by atoms with Crippen LogP contribution in [0.2, 0.25) is 0 Å². The van der Waals surface area contributed by atoms with Gasteiger partial charge in [0, 0.05) is 24.1 Å². The molecule has 1 aromatic heterocycles. The van der Waals surface area contributed by atoms with Gasteiger partial charge < -0.3 is 19.0 Å². The minimum Gasteiger partial charge on any atom is -0.507 e. The van der Waals surface area contributed by atoms with E-state index in [0.29, 0.717) is 37.5 Å². The van der Waals surface area contributed by atoms with E-state index in [-0.39, 0.29) is 17.2 Å². The Morgan fingerprint density at radius 3 is 2.42 bits per heavy atom. The molecule has 0 saturated heterocycles. The van der Waals surface area contributed by atoms with Crippen LogP contribution in [0.15, 0.2) is 51.8 Å². The van der Waals surface area contributed by atoms with Gasteiger partial charge in [-0.1, -0.05) is 45.9 Å². The van der Waals surface area contributed by atoms with Gasteiger partial charge in [0.1, 0.15) is 22.8 Å². The molecule has 1 amide bonds. The van der Waals surface area contributed by atoms with E-state index in [1.807, 2.05) is 31.2 Å². The summed E-state index contributed by atoms with van der Waals surface area (Å²) < 4.78 is 15.6. The van der Waals surface area contributed by atoms with Crippen LogP contribution in [-0.2, 0) is 11.2 Å². The molecule has 8 nitrogen and oxygen atoms in total. The molecule has 1 aromatic carbocycles. The number of aromatic hydroxyl groups is 1. The van der Waals surface area contributed by atoms with Crippen LogP contribution in [-0.4, -0.2) is 30.7 Å². The fraction of sp³-hybridized carbons (Fsp3) is 0.500. The minimum absolute atomic E-state index is 0.176. The quantitative estimate of drug-likeness (QED) is 0.259. The Morgan fingerprint density at radius 1 is 1.08 bits per heavy atom. The second kappa shape index (κ2) is 15.6. The molecule has 0 fully saturated rings. The van der Waals surface area contributed by atoms with Crippen molar-refractivity contribution in [3.8, 4) is 11.5 Å². The molecule has 1 heterocycles. The summed E-state index contributed by atoms with van der Waals surface area (Å²) in [5.74, 6) is 0.388. The number of carbonyl (C=O) groups excluding carboxylic acids is 2. The highest BCUT2D eigenvalue weighted by Crippen LogP contribution is 2.27. The molecular formula is C30H41NO7. The SMILES string of the molecule is COC(=O)N/C=C/CCC(C)c1cc(O)c(C(=O)C(C)CCCc2ccc(OCCC(C)C)cc2)c(=O)o1. The Labute approximate surface area is 225 Å². The first-order chi connectivity index (χ1) is 18.1. The van der Waals surface area contributed by atoms with E-state index in [1.165, 1.54) is 19.4 Å². The molecule has 0 bridgehead atoms. The maximum atomic E-state index is 12.9. The first kappa shape index (κ1) is 30.7. The van der Waals surface area contributed by atoms with Crippen molar-refractivity contribution in [2.45, 2.75) is 72.1 Å². The first-order valence-electron chi connectivity index (χ1n) is 13.2. The topological polar surface area (TPSA) is 115 Å². The van der Waals surface area contributed by atoms with Crippen molar-refractivity contribution >= 4 is 11.9 Å². The third-order valence-electron chi connectivity index (χ3n) is 6.39. The van der Waals surface area contributed by atoms with Gasteiger partial charge in [0.15, 0.2) is 5.78 Å². The Kier molecular flexibility index (Phi) is 12.6. The lowest BCUT2D eigenvalue weighted by atomic mass is 9.93. The van der Waals surface area contributed by atoms with Crippen molar-refractivity contribution in [1.29, 1.82) is 0 Å². The van der Waals surface area contributed by atoms with Crippen molar-refractivity contribution in [3.63, 3.8) is 0 Å².